The lowest BCUT2D eigenvalue weighted by atomic mass is 10.1. The van der Waals surface area contributed by atoms with E-state index in [-0.39, 0.29) is 0 Å². The standard InChI is InChI=1S/C21H21N.4C2H6/c1-16-4-10-19(11-5-16)22(20-12-6-17(2)7-13-20)21-14-8-18(3)9-15-21;4*1-2/h4-15H,1-3H3;4*1-2H3. The number of rotatable bonds is 3. The summed E-state index contributed by atoms with van der Waals surface area (Å²) in [5.74, 6) is 0. The van der Waals surface area contributed by atoms with Gasteiger partial charge in [0, 0.05) is 17.1 Å². The quantitative estimate of drug-likeness (QED) is 0.417. The van der Waals surface area contributed by atoms with Crippen LogP contribution in [-0.4, -0.2) is 0 Å². The van der Waals surface area contributed by atoms with Gasteiger partial charge in [-0.15, -0.1) is 0 Å². The average Bonchev–Trinajstić information content (AvgIpc) is 2.83. The third-order valence-corrected chi connectivity index (χ3v) is 3.88. The van der Waals surface area contributed by atoms with Crippen molar-refractivity contribution in [1.82, 2.24) is 0 Å². The minimum atomic E-state index is 1.18. The van der Waals surface area contributed by atoms with Gasteiger partial charge in [0.25, 0.3) is 0 Å². The van der Waals surface area contributed by atoms with Crippen LogP contribution in [-0.2, 0) is 0 Å². The van der Waals surface area contributed by atoms with E-state index in [4.69, 9.17) is 0 Å². The zero-order valence-corrected chi connectivity index (χ0v) is 21.4. The first kappa shape index (κ1) is 29.7. The van der Waals surface area contributed by atoms with Crippen molar-refractivity contribution in [3.05, 3.63) is 89.5 Å². The van der Waals surface area contributed by atoms with Crippen molar-refractivity contribution >= 4 is 17.1 Å². The first-order chi connectivity index (χ1) is 14.6. The highest BCUT2D eigenvalue weighted by atomic mass is 15.1. The second-order valence-corrected chi connectivity index (χ2v) is 5.84. The third kappa shape index (κ3) is 9.78. The van der Waals surface area contributed by atoms with Crippen molar-refractivity contribution in [2.45, 2.75) is 76.2 Å². The summed E-state index contributed by atoms with van der Waals surface area (Å²) in [6, 6.07) is 26.0. The van der Waals surface area contributed by atoms with Crippen LogP contribution in [0.5, 0.6) is 0 Å². The Bertz CT molecular complexity index is 630. The van der Waals surface area contributed by atoms with Crippen LogP contribution < -0.4 is 4.90 Å². The number of hydrogen-bond acceptors (Lipinski definition) is 1. The molecule has 166 valence electrons. The van der Waals surface area contributed by atoms with Crippen molar-refractivity contribution in [3.8, 4) is 0 Å². The van der Waals surface area contributed by atoms with Crippen LogP contribution in [0.2, 0.25) is 0 Å². The van der Waals surface area contributed by atoms with Crippen LogP contribution in [0.15, 0.2) is 72.8 Å². The fourth-order valence-corrected chi connectivity index (χ4v) is 2.53. The molecule has 0 aliphatic carbocycles. The molecule has 0 bridgehead atoms. The molecule has 30 heavy (non-hydrogen) atoms. The number of hydrogen-bond donors (Lipinski definition) is 0. The number of anilines is 3. The Hall–Kier alpha value is -2.54. The molecule has 0 aliphatic heterocycles. The lowest BCUT2D eigenvalue weighted by Crippen LogP contribution is -2.09. The van der Waals surface area contributed by atoms with Gasteiger partial charge >= 0.3 is 0 Å². The first-order valence-electron chi connectivity index (χ1n) is 11.6. The number of benzene rings is 3. The van der Waals surface area contributed by atoms with Gasteiger partial charge in [-0.05, 0) is 57.2 Å². The van der Waals surface area contributed by atoms with E-state index < -0.39 is 0 Å². The normalized spacial score (nSPS) is 8.50. The summed E-state index contributed by atoms with van der Waals surface area (Å²) in [6.45, 7) is 22.4. The van der Waals surface area contributed by atoms with Crippen molar-refractivity contribution in [1.29, 1.82) is 0 Å². The molecule has 0 aromatic heterocycles. The lowest BCUT2D eigenvalue weighted by Gasteiger charge is -2.25. The summed E-state index contributed by atoms with van der Waals surface area (Å²) in [6.07, 6.45) is 0. The summed E-state index contributed by atoms with van der Waals surface area (Å²) in [7, 11) is 0. The highest BCUT2D eigenvalue weighted by Crippen LogP contribution is 2.34. The van der Waals surface area contributed by atoms with E-state index in [1.54, 1.807) is 0 Å². The summed E-state index contributed by atoms with van der Waals surface area (Å²) in [5.41, 5.74) is 7.36. The molecular formula is C29H45N. The topological polar surface area (TPSA) is 3.24 Å². The predicted molar refractivity (Wildman–Crippen MR) is 141 cm³/mol. The monoisotopic (exact) mass is 407 g/mol. The Morgan fingerprint density at radius 1 is 0.333 bits per heavy atom. The highest BCUT2D eigenvalue weighted by molar-refractivity contribution is 5.76. The molecule has 1 heteroatoms. The molecule has 3 aromatic rings. The Morgan fingerprint density at radius 3 is 0.667 bits per heavy atom. The van der Waals surface area contributed by atoms with Crippen LogP contribution in [0.3, 0.4) is 0 Å². The molecule has 3 rings (SSSR count). The minimum absolute atomic E-state index is 1.18. The third-order valence-electron chi connectivity index (χ3n) is 3.88. The molecule has 3 aromatic carbocycles. The maximum absolute atomic E-state index is 2.29. The zero-order valence-electron chi connectivity index (χ0n) is 21.4. The summed E-state index contributed by atoms with van der Waals surface area (Å²) in [5, 5.41) is 0. The van der Waals surface area contributed by atoms with Crippen molar-refractivity contribution in [2.24, 2.45) is 0 Å². The van der Waals surface area contributed by atoms with Gasteiger partial charge in [-0.1, -0.05) is 108 Å². The van der Waals surface area contributed by atoms with Gasteiger partial charge < -0.3 is 4.90 Å². The van der Waals surface area contributed by atoms with E-state index in [1.165, 1.54) is 33.8 Å². The molecule has 0 saturated heterocycles. The molecule has 0 heterocycles. The average molecular weight is 408 g/mol. The molecule has 0 unspecified atom stereocenters. The van der Waals surface area contributed by atoms with Crippen molar-refractivity contribution in [2.75, 3.05) is 4.90 Å². The van der Waals surface area contributed by atoms with E-state index in [9.17, 15) is 0 Å². The fraction of sp³-hybridized carbons (Fsp3) is 0.379. The van der Waals surface area contributed by atoms with Gasteiger partial charge in [-0.3, -0.25) is 0 Å². The lowest BCUT2D eigenvalue weighted by molar-refractivity contribution is 1.26. The van der Waals surface area contributed by atoms with E-state index in [0.717, 1.165) is 0 Å². The molecule has 0 N–H and O–H groups in total. The molecule has 1 nitrogen and oxygen atoms in total. The largest absolute Gasteiger partial charge is 0.311 e. The molecule has 0 amide bonds. The van der Waals surface area contributed by atoms with Gasteiger partial charge in [0.15, 0.2) is 0 Å². The second-order valence-electron chi connectivity index (χ2n) is 5.84. The molecule has 0 radical (unpaired) electrons. The second kappa shape index (κ2) is 18.5. The van der Waals surface area contributed by atoms with Crippen LogP contribution in [0.1, 0.15) is 72.1 Å². The number of aryl methyl sites for hydroxylation is 3. The fourth-order valence-electron chi connectivity index (χ4n) is 2.53. The van der Waals surface area contributed by atoms with Crippen LogP contribution in [0, 0.1) is 20.8 Å². The Morgan fingerprint density at radius 2 is 0.500 bits per heavy atom. The SMILES string of the molecule is CC.CC.CC.CC.Cc1ccc(N(c2ccc(C)cc2)c2ccc(C)cc2)cc1. The summed E-state index contributed by atoms with van der Waals surface area (Å²) < 4.78 is 0. The maximum Gasteiger partial charge on any atom is 0.0461 e. The van der Waals surface area contributed by atoms with Crippen LogP contribution in [0.25, 0.3) is 0 Å². The Kier molecular flexibility index (Phi) is 18.3. The number of nitrogens with zero attached hydrogens (tertiary/aromatic N) is 1. The minimum Gasteiger partial charge on any atom is -0.311 e. The molecule has 0 fully saturated rings. The van der Waals surface area contributed by atoms with Crippen LogP contribution in [0.4, 0.5) is 17.1 Å². The van der Waals surface area contributed by atoms with Gasteiger partial charge in [0.1, 0.15) is 0 Å². The van der Waals surface area contributed by atoms with Gasteiger partial charge in [-0.25, -0.2) is 0 Å². The van der Waals surface area contributed by atoms with E-state index in [0.29, 0.717) is 0 Å². The summed E-state index contributed by atoms with van der Waals surface area (Å²) >= 11 is 0. The van der Waals surface area contributed by atoms with Gasteiger partial charge in [0.2, 0.25) is 0 Å². The Labute approximate surface area is 187 Å². The molecule has 0 aliphatic rings. The van der Waals surface area contributed by atoms with Gasteiger partial charge in [-0.2, -0.15) is 0 Å². The van der Waals surface area contributed by atoms with Gasteiger partial charge in [0.05, 0.1) is 0 Å². The molecule has 0 saturated carbocycles. The van der Waals surface area contributed by atoms with Crippen molar-refractivity contribution < 1.29 is 0 Å². The van der Waals surface area contributed by atoms with E-state index in [1.807, 2.05) is 55.4 Å². The van der Waals surface area contributed by atoms with Crippen LogP contribution >= 0.6 is 0 Å². The predicted octanol–water partition coefficient (Wildman–Crippen LogP) is 10.2. The first-order valence-corrected chi connectivity index (χ1v) is 11.6. The van der Waals surface area contributed by atoms with E-state index in [2.05, 4.69) is 98.5 Å². The molecular weight excluding hydrogens is 362 g/mol. The molecule has 0 atom stereocenters. The smallest absolute Gasteiger partial charge is 0.0461 e. The molecule has 0 spiro atoms. The highest BCUT2D eigenvalue weighted by Gasteiger charge is 2.11. The maximum atomic E-state index is 2.29. The zero-order chi connectivity index (χ0) is 23.5. The summed E-state index contributed by atoms with van der Waals surface area (Å²) in [4.78, 5) is 2.29. The van der Waals surface area contributed by atoms with Crippen molar-refractivity contribution in [3.63, 3.8) is 0 Å². The van der Waals surface area contributed by atoms with E-state index >= 15 is 0 Å². The Balaban J connectivity index is 0.